The molecule has 14 N–H and O–H groups in total. The Bertz CT molecular complexity index is 1220. The number of hydrogen-bond acceptors (Lipinski definition) is 21. The Morgan fingerprint density at radius 3 is 0.980 bits per heavy atom. The molecular weight excluding hydrogens is 688 g/mol. The van der Waals surface area contributed by atoms with Crippen molar-refractivity contribution < 1.29 is 124 Å². The van der Waals surface area contributed by atoms with E-state index in [1.807, 2.05) is 0 Å². The Morgan fingerprint density at radius 2 is 0.633 bits per heavy atom. The van der Waals surface area contributed by atoms with Gasteiger partial charge in [-0.25, -0.2) is 19.2 Å². The molecule has 0 aliphatic carbocycles. The van der Waals surface area contributed by atoms with E-state index in [0.29, 0.717) is 0 Å². The summed E-state index contributed by atoms with van der Waals surface area (Å²) in [7, 11) is 0. The van der Waals surface area contributed by atoms with E-state index in [4.69, 9.17) is 28.4 Å². The fourth-order valence-electron chi connectivity index (χ4n) is 5.43. The van der Waals surface area contributed by atoms with Crippen LogP contribution in [0.5, 0.6) is 0 Å². The number of aliphatic carboxylic acids is 4. The van der Waals surface area contributed by atoms with E-state index in [-0.39, 0.29) is 0 Å². The topological polar surface area (TPSA) is 416 Å². The number of carbonyl (C=O) groups is 4. The van der Waals surface area contributed by atoms with Crippen LogP contribution in [0, 0.1) is 0 Å². The lowest BCUT2D eigenvalue weighted by Crippen LogP contribution is -2.68. The maximum atomic E-state index is 12.1. The second-order valence-corrected chi connectivity index (χ2v) is 11.3. The van der Waals surface area contributed by atoms with Crippen LogP contribution in [-0.2, 0) is 52.3 Å². The van der Waals surface area contributed by atoms with Gasteiger partial charge in [0.2, 0.25) is 0 Å². The van der Waals surface area contributed by atoms with Crippen molar-refractivity contribution in [3.8, 4) is 0 Å². The molecule has 0 aromatic rings. The number of carboxylic acid groups (broad SMARTS) is 4. The van der Waals surface area contributed by atoms with Crippen LogP contribution in [0.2, 0.25) is 0 Å². The third-order valence-electron chi connectivity index (χ3n) is 8.07. The molecule has 0 radical (unpaired) electrons. The van der Waals surface area contributed by atoms with Crippen molar-refractivity contribution in [2.24, 2.45) is 0 Å². The summed E-state index contributed by atoms with van der Waals surface area (Å²) in [6, 6.07) is 0. The molecule has 0 bridgehead atoms. The Labute approximate surface area is 271 Å². The second kappa shape index (κ2) is 15.2. The average Bonchev–Trinajstić information content (AvgIpc) is 3.03. The van der Waals surface area contributed by atoms with Gasteiger partial charge in [0.05, 0.1) is 0 Å². The Morgan fingerprint density at radius 1 is 0.347 bits per heavy atom. The molecule has 4 fully saturated rings. The van der Waals surface area contributed by atoms with Gasteiger partial charge in [0, 0.05) is 0 Å². The van der Waals surface area contributed by atoms with E-state index < -0.39 is 147 Å². The number of rotatable bonds is 10. The molecule has 49 heavy (non-hydrogen) atoms. The first kappa shape index (κ1) is 39.0. The van der Waals surface area contributed by atoms with Crippen LogP contribution < -0.4 is 0 Å². The van der Waals surface area contributed by atoms with Crippen LogP contribution in [0.1, 0.15) is 0 Å². The lowest BCUT2D eigenvalue weighted by atomic mass is 9.95. The number of ether oxygens (including phenoxy) is 7. The molecule has 0 spiro atoms. The Kier molecular flexibility index (Phi) is 12.1. The maximum Gasteiger partial charge on any atom is 0.335 e. The zero-order valence-corrected chi connectivity index (χ0v) is 24.3. The van der Waals surface area contributed by atoms with Crippen molar-refractivity contribution in [2.75, 3.05) is 0 Å². The van der Waals surface area contributed by atoms with Gasteiger partial charge in [0.15, 0.2) is 49.6 Å². The van der Waals surface area contributed by atoms with Crippen molar-refractivity contribution >= 4 is 23.9 Å². The maximum absolute atomic E-state index is 12.1. The van der Waals surface area contributed by atoms with Gasteiger partial charge in [0.25, 0.3) is 0 Å². The van der Waals surface area contributed by atoms with Gasteiger partial charge in [-0.15, -0.1) is 0 Å². The summed E-state index contributed by atoms with van der Waals surface area (Å²) in [5.74, 6) is -7.64. The molecule has 4 aliphatic rings. The normalized spacial score (nSPS) is 49.2. The largest absolute Gasteiger partial charge is 0.479 e. The van der Waals surface area contributed by atoms with Crippen molar-refractivity contribution in [3.05, 3.63) is 0 Å². The van der Waals surface area contributed by atoms with Crippen molar-refractivity contribution in [1.82, 2.24) is 0 Å². The minimum Gasteiger partial charge on any atom is -0.479 e. The standard InChI is InChI=1S/C24H34O25/c25-1-2(26)13(17(34)35)47-22(7(1)31)45-11-4(28)9(33)24(49-15(11)19(38)39)46-12-5(29)8(32)23(48-16(12)20(40)41)44-10-3(27)6(30)21(42)43-14(10)18(36)37/h1-16,21-33,42H,(H,34,35)(H,36,37)(H,38,39)(H,40,41)/t1-,2-,3+,4+,5+,6-,7-,8-,9-,10-,11-,12-,13+,14+,15+,16+,21?,22+,23+,24+/m0/s1. The zero-order chi connectivity index (χ0) is 36.8. The first-order valence-corrected chi connectivity index (χ1v) is 14.1. The molecule has 4 rings (SSSR count). The quantitative estimate of drug-likeness (QED) is 0.0995. The van der Waals surface area contributed by atoms with Crippen LogP contribution in [0.4, 0.5) is 0 Å². The summed E-state index contributed by atoms with van der Waals surface area (Å²) in [6.45, 7) is 0. The third-order valence-corrected chi connectivity index (χ3v) is 8.07. The zero-order valence-electron chi connectivity index (χ0n) is 24.3. The van der Waals surface area contributed by atoms with Crippen LogP contribution in [0.25, 0.3) is 0 Å². The SMILES string of the molecule is O=C(O)[C@@H]1O[C@@H](O[C@H]2[C@H](O)[C@H](O)[C@H](O[C@H]3[C@H](O)[C@H](O)[C@H](O[C@H]4[C@H](O)[C@H](O)C(O)O[C@H]4C(=O)O)O[C@H]3C(=O)O)O[C@H]2C(=O)O)[C@@H](O)[C@@H](O)[C@@H]1O. The number of carboxylic acids is 4. The molecule has 0 aromatic heterocycles. The highest BCUT2D eigenvalue weighted by atomic mass is 16.8. The molecule has 1 unspecified atom stereocenters. The first-order chi connectivity index (χ1) is 22.8. The molecule has 280 valence electrons. The van der Waals surface area contributed by atoms with E-state index in [1.165, 1.54) is 0 Å². The molecule has 0 amide bonds. The molecule has 20 atom stereocenters. The fraction of sp³-hybridized carbons (Fsp3) is 0.833. The van der Waals surface area contributed by atoms with Gasteiger partial charge in [0.1, 0.15) is 73.2 Å². The van der Waals surface area contributed by atoms with Crippen LogP contribution in [0.15, 0.2) is 0 Å². The van der Waals surface area contributed by atoms with Crippen molar-refractivity contribution in [2.45, 2.75) is 123 Å². The lowest BCUT2D eigenvalue weighted by Gasteiger charge is -2.47. The molecule has 25 nitrogen and oxygen atoms in total. The van der Waals surface area contributed by atoms with Gasteiger partial charge in [-0.1, -0.05) is 0 Å². The summed E-state index contributed by atoms with van der Waals surface area (Å²) in [5.41, 5.74) is 0. The van der Waals surface area contributed by atoms with E-state index in [9.17, 15) is 90.7 Å². The molecule has 4 heterocycles. The molecule has 4 saturated heterocycles. The first-order valence-electron chi connectivity index (χ1n) is 14.1. The predicted octanol–water partition coefficient (Wildman–Crippen LogP) is -9.38. The van der Waals surface area contributed by atoms with Gasteiger partial charge in [-0.05, 0) is 0 Å². The van der Waals surface area contributed by atoms with Gasteiger partial charge in [-0.2, -0.15) is 0 Å². The summed E-state index contributed by atoms with van der Waals surface area (Å²) >= 11 is 0. The summed E-state index contributed by atoms with van der Waals surface area (Å²) < 4.78 is 35.3. The van der Waals surface area contributed by atoms with Gasteiger partial charge < -0.3 is 105 Å². The monoisotopic (exact) mass is 722 g/mol. The van der Waals surface area contributed by atoms with Crippen LogP contribution >= 0.6 is 0 Å². The third kappa shape index (κ3) is 7.62. The van der Waals surface area contributed by atoms with E-state index >= 15 is 0 Å². The number of aliphatic hydroxyl groups is 10. The molecule has 0 aromatic carbocycles. The van der Waals surface area contributed by atoms with Crippen molar-refractivity contribution in [3.63, 3.8) is 0 Å². The number of hydrogen-bond donors (Lipinski definition) is 14. The highest BCUT2D eigenvalue weighted by Crippen LogP contribution is 2.34. The second-order valence-electron chi connectivity index (χ2n) is 11.3. The lowest BCUT2D eigenvalue weighted by molar-refractivity contribution is -0.378. The highest BCUT2D eigenvalue weighted by Gasteiger charge is 2.58. The van der Waals surface area contributed by atoms with Gasteiger partial charge in [-0.3, -0.25) is 0 Å². The minimum atomic E-state index is -2.43. The molecule has 25 heteroatoms. The Balaban J connectivity index is 1.51. The summed E-state index contributed by atoms with van der Waals surface area (Å²) in [6.07, 6.45) is -45.8. The van der Waals surface area contributed by atoms with E-state index in [1.54, 1.807) is 0 Å². The molecular formula is C24H34O25. The Hall–Kier alpha value is -2.80. The van der Waals surface area contributed by atoms with E-state index in [2.05, 4.69) is 4.74 Å². The summed E-state index contributed by atoms with van der Waals surface area (Å²) in [4.78, 5) is 47.1. The molecule has 4 aliphatic heterocycles. The van der Waals surface area contributed by atoms with Gasteiger partial charge >= 0.3 is 23.9 Å². The van der Waals surface area contributed by atoms with E-state index in [0.717, 1.165) is 0 Å². The predicted molar refractivity (Wildman–Crippen MR) is 136 cm³/mol. The number of aliphatic hydroxyl groups excluding tert-OH is 10. The van der Waals surface area contributed by atoms with Crippen molar-refractivity contribution in [1.29, 1.82) is 0 Å². The fourth-order valence-corrected chi connectivity index (χ4v) is 5.43. The van der Waals surface area contributed by atoms with Crippen LogP contribution in [-0.4, -0.2) is 218 Å². The van der Waals surface area contributed by atoms with Crippen LogP contribution in [0.3, 0.4) is 0 Å². The molecule has 0 saturated carbocycles. The minimum absolute atomic E-state index is 1.84. The average molecular weight is 723 g/mol. The summed E-state index contributed by atoms with van der Waals surface area (Å²) in [5, 5.41) is 141. The smallest absolute Gasteiger partial charge is 0.335 e. The highest BCUT2D eigenvalue weighted by molar-refractivity contribution is 5.75.